The highest BCUT2D eigenvalue weighted by molar-refractivity contribution is 9.10. The van der Waals surface area contributed by atoms with Gasteiger partial charge < -0.3 is 0 Å². The van der Waals surface area contributed by atoms with Crippen molar-refractivity contribution in [1.82, 2.24) is 0 Å². The van der Waals surface area contributed by atoms with Gasteiger partial charge in [-0.05, 0) is 22.9 Å². The van der Waals surface area contributed by atoms with E-state index in [1.165, 1.54) is 0 Å². The Hall–Kier alpha value is -0.980. The van der Waals surface area contributed by atoms with Crippen LogP contribution in [0.15, 0.2) is 4.47 Å². The zero-order chi connectivity index (χ0) is 12.7. The molecular formula is C9H4BrF5O. The van der Waals surface area contributed by atoms with E-state index in [2.05, 4.69) is 15.9 Å². The van der Waals surface area contributed by atoms with Crippen LogP contribution in [0, 0.1) is 18.6 Å². The second kappa shape index (κ2) is 4.12. The summed E-state index contributed by atoms with van der Waals surface area (Å²) in [7, 11) is 0. The van der Waals surface area contributed by atoms with Gasteiger partial charge in [0.25, 0.3) is 0 Å². The van der Waals surface area contributed by atoms with E-state index in [1.807, 2.05) is 0 Å². The molecule has 88 valence electrons. The van der Waals surface area contributed by atoms with Crippen LogP contribution < -0.4 is 0 Å². The number of rotatable bonds is 1. The monoisotopic (exact) mass is 302 g/mol. The van der Waals surface area contributed by atoms with Gasteiger partial charge in [0, 0.05) is 10.0 Å². The normalized spacial score (nSPS) is 11.7. The molecule has 0 aliphatic rings. The molecule has 0 radical (unpaired) electrons. The number of carbonyl (C=O) groups is 1. The fourth-order valence-corrected chi connectivity index (χ4v) is 2.02. The summed E-state index contributed by atoms with van der Waals surface area (Å²) in [5.41, 5.74) is -3.24. The van der Waals surface area contributed by atoms with Crippen LogP contribution in [0.4, 0.5) is 22.0 Å². The molecule has 0 atom stereocenters. The van der Waals surface area contributed by atoms with Gasteiger partial charge in [-0.25, -0.2) is 8.78 Å². The maximum absolute atomic E-state index is 13.1. The zero-order valence-corrected chi connectivity index (χ0v) is 9.34. The molecule has 0 aromatic heterocycles. The lowest BCUT2D eigenvalue weighted by Gasteiger charge is -2.15. The Bertz CT molecular complexity index is 452. The first-order valence-corrected chi connectivity index (χ1v) is 4.70. The summed E-state index contributed by atoms with van der Waals surface area (Å²) in [4.78, 5) is 10.4. The van der Waals surface area contributed by atoms with Crippen molar-refractivity contribution in [1.29, 1.82) is 0 Å². The minimum Gasteiger partial charge on any atom is -0.298 e. The molecule has 0 aliphatic carbocycles. The van der Waals surface area contributed by atoms with Gasteiger partial charge in [0.2, 0.25) is 0 Å². The van der Waals surface area contributed by atoms with E-state index in [1.54, 1.807) is 0 Å². The first-order valence-electron chi connectivity index (χ1n) is 3.91. The van der Waals surface area contributed by atoms with Crippen molar-refractivity contribution in [2.24, 2.45) is 0 Å². The second-order valence-corrected chi connectivity index (χ2v) is 3.76. The Labute approximate surface area is 95.4 Å². The summed E-state index contributed by atoms with van der Waals surface area (Å²) in [6, 6.07) is 0. The van der Waals surface area contributed by atoms with Gasteiger partial charge in [-0.15, -0.1) is 0 Å². The molecule has 1 nitrogen and oxygen atoms in total. The van der Waals surface area contributed by atoms with Crippen LogP contribution in [0.1, 0.15) is 21.5 Å². The maximum Gasteiger partial charge on any atom is 0.417 e. The molecule has 0 saturated carbocycles. The lowest BCUT2D eigenvalue weighted by molar-refractivity contribution is -0.138. The molecule has 0 fully saturated rings. The number of halogens is 6. The fraction of sp³-hybridized carbons (Fsp3) is 0.222. The van der Waals surface area contributed by atoms with Gasteiger partial charge in [0.15, 0.2) is 17.9 Å². The molecule has 0 heterocycles. The van der Waals surface area contributed by atoms with Crippen LogP contribution >= 0.6 is 15.9 Å². The van der Waals surface area contributed by atoms with E-state index in [0.717, 1.165) is 6.92 Å². The minimum absolute atomic E-state index is 0.169. The summed E-state index contributed by atoms with van der Waals surface area (Å²) in [6.45, 7) is 0.792. The van der Waals surface area contributed by atoms with E-state index in [9.17, 15) is 26.7 Å². The van der Waals surface area contributed by atoms with E-state index >= 15 is 0 Å². The molecule has 7 heteroatoms. The highest BCUT2D eigenvalue weighted by atomic mass is 79.9. The van der Waals surface area contributed by atoms with Crippen LogP contribution in [0.3, 0.4) is 0 Å². The van der Waals surface area contributed by atoms with E-state index in [0.29, 0.717) is 0 Å². The maximum atomic E-state index is 13.1. The molecule has 1 aromatic carbocycles. The number of aldehydes is 1. The third-order valence-corrected chi connectivity index (χ3v) is 2.81. The summed E-state index contributed by atoms with van der Waals surface area (Å²) in [5, 5.41) is 0. The SMILES string of the molecule is Cc1c(F)c(F)c(C=O)c(Br)c1C(F)(F)F. The lowest BCUT2D eigenvalue weighted by Crippen LogP contribution is -2.13. The molecule has 0 spiro atoms. The van der Waals surface area contributed by atoms with Crippen LogP contribution in [-0.2, 0) is 6.18 Å². The summed E-state index contributed by atoms with van der Waals surface area (Å²) < 4.78 is 62.9. The quantitative estimate of drug-likeness (QED) is 0.437. The number of hydrogen-bond acceptors (Lipinski definition) is 1. The zero-order valence-electron chi connectivity index (χ0n) is 7.75. The van der Waals surface area contributed by atoms with Crippen LogP contribution in [-0.4, -0.2) is 6.29 Å². The van der Waals surface area contributed by atoms with Gasteiger partial charge in [0.1, 0.15) is 0 Å². The van der Waals surface area contributed by atoms with Crippen LogP contribution in [0.2, 0.25) is 0 Å². The predicted molar refractivity (Wildman–Crippen MR) is 49.2 cm³/mol. The Morgan fingerprint density at radius 3 is 2.06 bits per heavy atom. The summed E-state index contributed by atoms with van der Waals surface area (Å²) in [5.74, 6) is -3.26. The Balaban J connectivity index is 3.76. The molecule has 0 bridgehead atoms. The standard InChI is InChI=1S/C9H4BrF5O/c1-3-5(9(13,14)15)6(10)4(2-16)8(12)7(3)11/h2H,1H3. The molecule has 16 heavy (non-hydrogen) atoms. The molecular weight excluding hydrogens is 299 g/mol. The fourth-order valence-electron chi connectivity index (χ4n) is 1.23. The Morgan fingerprint density at radius 1 is 1.19 bits per heavy atom. The number of hydrogen-bond donors (Lipinski definition) is 0. The molecule has 0 unspecified atom stereocenters. The van der Waals surface area contributed by atoms with Gasteiger partial charge in [-0.1, -0.05) is 0 Å². The number of benzene rings is 1. The van der Waals surface area contributed by atoms with Gasteiger partial charge >= 0.3 is 6.18 Å². The van der Waals surface area contributed by atoms with Crippen LogP contribution in [0.25, 0.3) is 0 Å². The predicted octanol–water partition coefficient (Wildman–Crippen LogP) is 3.87. The highest BCUT2D eigenvalue weighted by Gasteiger charge is 2.38. The van der Waals surface area contributed by atoms with E-state index in [-0.39, 0.29) is 6.29 Å². The molecule has 0 N–H and O–H groups in total. The van der Waals surface area contributed by atoms with Crippen molar-refractivity contribution in [3.63, 3.8) is 0 Å². The molecule has 0 saturated heterocycles. The van der Waals surface area contributed by atoms with Crippen molar-refractivity contribution in [2.75, 3.05) is 0 Å². The van der Waals surface area contributed by atoms with Crippen molar-refractivity contribution < 1.29 is 26.7 Å². The van der Waals surface area contributed by atoms with Crippen molar-refractivity contribution >= 4 is 22.2 Å². The minimum atomic E-state index is -4.87. The Morgan fingerprint density at radius 2 is 1.69 bits per heavy atom. The van der Waals surface area contributed by atoms with E-state index in [4.69, 9.17) is 0 Å². The van der Waals surface area contributed by atoms with Crippen LogP contribution in [0.5, 0.6) is 0 Å². The second-order valence-electron chi connectivity index (χ2n) is 2.97. The molecule has 1 rings (SSSR count). The average Bonchev–Trinajstić information content (AvgIpc) is 2.13. The van der Waals surface area contributed by atoms with Gasteiger partial charge in [-0.2, -0.15) is 13.2 Å². The summed E-state index contributed by atoms with van der Waals surface area (Å²) >= 11 is 2.46. The highest BCUT2D eigenvalue weighted by Crippen LogP contribution is 2.40. The smallest absolute Gasteiger partial charge is 0.298 e. The summed E-state index contributed by atoms with van der Waals surface area (Å²) in [6.07, 6.45) is -5.04. The van der Waals surface area contributed by atoms with Crippen molar-refractivity contribution in [3.8, 4) is 0 Å². The largest absolute Gasteiger partial charge is 0.417 e. The van der Waals surface area contributed by atoms with Crippen molar-refractivity contribution in [3.05, 3.63) is 32.8 Å². The topological polar surface area (TPSA) is 17.1 Å². The first kappa shape index (κ1) is 13.1. The van der Waals surface area contributed by atoms with E-state index < -0.39 is 39.0 Å². The Kier molecular flexibility index (Phi) is 3.37. The first-order chi connectivity index (χ1) is 7.21. The van der Waals surface area contributed by atoms with Gasteiger partial charge in [0.05, 0.1) is 11.1 Å². The molecule has 0 amide bonds. The number of carbonyl (C=O) groups excluding carboxylic acids is 1. The lowest BCUT2D eigenvalue weighted by atomic mass is 10.0. The molecule has 1 aromatic rings. The van der Waals surface area contributed by atoms with Gasteiger partial charge in [-0.3, -0.25) is 4.79 Å². The third kappa shape index (κ3) is 1.95. The number of alkyl halides is 3. The average molecular weight is 303 g/mol. The molecule has 0 aliphatic heterocycles. The van der Waals surface area contributed by atoms with Crippen molar-refractivity contribution in [2.45, 2.75) is 13.1 Å². The third-order valence-electron chi connectivity index (χ3n) is 1.99.